The molecule has 0 unspecified atom stereocenters. The summed E-state index contributed by atoms with van der Waals surface area (Å²) in [6.07, 6.45) is 5.87. The van der Waals surface area contributed by atoms with Crippen molar-refractivity contribution < 1.29 is 17.9 Å². The molecule has 1 amide bonds. The van der Waals surface area contributed by atoms with Crippen LogP contribution in [0.4, 0.5) is 5.69 Å². The average molecular weight is 479 g/mol. The van der Waals surface area contributed by atoms with Gasteiger partial charge in [-0.2, -0.15) is 0 Å². The summed E-state index contributed by atoms with van der Waals surface area (Å²) in [4.78, 5) is 12.8. The van der Waals surface area contributed by atoms with Crippen molar-refractivity contribution in [2.24, 2.45) is 0 Å². The molecule has 7 heteroatoms. The van der Waals surface area contributed by atoms with E-state index in [1.54, 1.807) is 30.3 Å². The topological polar surface area (TPSA) is 84.5 Å². The smallest absolute Gasteiger partial charge is 0.240 e. The fraction of sp³-hybridized carbons (Fsp3) is 0.296. The first-order chi connectivity index (χ1) is 16.5. The molecule has 3 aromatic rings. The fourth-order valence-electron chi connectivity index (χ4n) is 4.09. The summed E-state index contributed by atoms with van der Waals surface area (Å²) >= 11 is 0. The largest absolute Gasteiger partial charge is 0.455 e. The number of sulfonamides is 1. The van der Waals surface area contributed by atoms with E-state index >= 15 is 0 Å². The minimum Gasteiger partial charge on any atom is -0.455 e. The lowest BCUT2D eigenvalue weighted by atomic mass is 9.96. The SMILES string of the molecule is O=C(CCc1ccc(S(=O)(=O)NC2CCCCC2)cc1)Nc1ccccc1Oc1ccccc1. The number of rotatable bonds is 9. The third-order valence-electron chi connectivity index (χ3n) is 5.93. The van der Waals surface area contributed by atoms with Gasteiger partial charge in [-0.25, -0.2) is 13.1 Å². The molecule has 0 aromatic heterocycles. The third kappa shape index (κ3) is 6.68. The van der Waals surface area contributed by atoms with Crippen LogP contribution in [0.25, 0.3) is 0 Å². The quantitative estimate of drug-likeness (QED) is 0.416. The highest BCUT2D eigenvalue weighted by Crippen LogP contribution is 2.29. The highest BCUT2D eigenvalue weighted by molar-refractivity contribution is 7.89. The van der Waals surface area contributed by atoms with Crippen LogP contribution < -0.4 is 14.8 Å². The second kappa shape index (κ2) is 11.3. The van der Waals surface area contributed by atoms with Crippen LogP contribution in [-0.2, 0) is 21.2 Å². The molecule has 0 bridgehead atoms. The van der Waals surface area contributed by atoms with Crippen LogP contribution >= 0.6 is 0 Å². The summed E-state index contributed by atoms with van der Waals surface area (Å²) in [5.74, 6) is 1.12. The number of hydrogen-bond acceptors (Lipinski definition) is 4. The maximum Gasteiger partial charge on any atom is 0.240 e. The molecule has 3 aromatic carbocycles. The zero-order valence-electron chi connectivity index (χ0n) is 19.1. The van der Waals surface area contributed by atoms with Crippen LogP contribution in [0.1, 0.15) is 44.1 Å². The molecule has 1 aliphatic carbocycles. The number of carbonyl (C=O) groups is 1. The Morgan fingerprint density at radius 1 is 0.853 bits per heavy atom. The number of anilines is 1. The van der Waals surface area contributed by atoms with Gasteiger partial charge < -0.3 is 10.1 Å². The Kier molecular flexibility index (Phi) is 7.98. The lowest BCUT2D eigenvalue weighted by Crippen LogP contribution is -2.36. The van der Waals surface area contributed by atoms with Gasteiger partial charge in [0.25, 0.3) is 0 Å². The van der Waals surface area contributed by atoms with Crippen molar-refractivity contribution in [2.45, 2.75) is 55.9 Å². The second-order valence-corrected chi connectivity index (χ2v) is 10.3. The zero-order chi connectivity index (χ0) is 23.8. The monoisotopic (exact) mass is 478 g/mol. The molecule has 1 fully saturated rings. The molecule has 0 atom stereocenters. The van der Waals surface area contributed by atoms with Crippen LogP contribution in [0.5, 0.6) is 11.5 Å². The number of para-hydroxylation sites is 3. The Hall–Kier alpha value is -3.16. The first-order valence-corrected chi connectivity index (χ1v) is 13.2. The summed E-state index contributed by atoms with van der Waals surface area (Å²) in [5.41, 5.74) is 1.51. The summed E-state index contributed by atoms with van der Waals surface area (Å²) in [5, 5.41) is 2.91. The zero-order valence-corrected chi connectivity index (χ0v) is 19.9. The molecule has 0 saturated heterocycles. The number of aryl methyl sites for hydroxylation is 1. The van der Waals surface area contributed by atoms with Crippen molar-refractivity contribution in [3.63, 3.8) is 0 Å². The van der Waals surface area contributed by atoms with Crippen molar-refractivity contribution in [3.8, 4) is 11.5 Å². The number of ether oxygens (including phenoxy) is 1. The number of amides is 1. The summed E-state index contributed by atoms with van der Waals surface area (Å²) in [6, 6.07) is 23.5. The van der Waals surface area contributed by atoms with Gasteiger partial charge >= 0.3 is 0 Å². The normalized spacial score (nSPS) is 14.5. The highest BCUT2D eigenvalue weighted by Gasteiger charge is 2.21. The summed E-state index contributed by atoms with van der Waals surface area (Å²) in [6.45, 7) is 0. The molecule has 6 nitrogen and oxygen atoms in total. The van der Waals surface area contributed by atoms with Gasteiger partial charge in [0.1, 0.15) is 5.75 Å². The second-order valence-electron chi connectivity index (χ2n) is 8.56. The molecule has 4 rings (SSSR count). The Morgan fingerprint density at radius 3 is 2.26 bits per heavy atom. The number of nitrogens with one attached hydrogen (secondary N) is 2. The fourth-order valence-corrected chi connectivity index (χ4v) is 5.39. The molecule has 0 heterocycles. The van der Waals surface area contributed by atoms with Gasteiger partial charge in [0.15, 0.2) is 5.75 Å². The Balaban J connectivity index is 1.31. The number of benzene rings is 3. The van der Waals surface area contributed by atoms with Gasteiger partial charge in [0.05, 0.1) is 10.6 Å². The van der Waals surface area contributed by atoms with Gasteiger partial charge in [0.2, 0.25) is 15.9 Å². The maximum absolute atomic E-state index is 12.7. The van der Waals surface area contributed by atoms with Gasteiger partial charge in [-0.3, -0.25) is 4.79 Å². The molecule has 0 radical (unpaired) electrons. The minimum absolute atomic E-state index is 0.0240. The Bertz CT molecular complexity index is 1190. The molecule has 1 aliphatic rings. The van der Waals surface area contributed by atoms with Crippen molar-refractivity contribution in [1.82, 2.24) is 4.72 Å². The van der Waals surface area contributed by atoms with E-state index in [1.807, 2.05) is 48.5 Å². The number of hydrogen-bond donors (Lipinski definition) is 2. The van der Waals surface area contributed by atoms with Gasteiger partial charge in [-0.15, -0.1) is 0 Å². The van der Waals surface area contributed by atoms with E-state index < -0.39 is 10.0 Å². The molecule has 178 valence electrons. The van der Waals surface area contributed by atoms with Gasteiger partial charge in [-0.05, 0) is 61.2 Å². The average Bonchev–Trinajstić information content (AvgIpc) is 2.85. The first-order valence-electron chi connectivity index (χ1n) is 11.7. The minimum atomic E-state index is -3.52. The van der Waals surface area contributed by atoms with E-state index in [2.05, 4.69) is 10.0 Å². The molecular formula is C27H30N2O4S. The molecule has 1 saturated carbocycles. The van der Waals surface area contributed by atoms with Crippen LogP contribution in [0.3, 0.4) is 0 Å². The van der Waals surface area contributed by atoms with Crippen LogP contribution in [-0.4, -0.2) is 20.4 Å². The van der Waals surface area contributed by atoms with Crippen LogP contribution in [0.2, 0.25) is 0 Å². The molecule has 2 N–H and O–H groups in total. The highest BCUT2D eigenvalue weighted by atomic mass is 32.2. The van der Waals surface area contributed by atoms with E-state index in [0.717, 1.165) is 31.2 Å². The Morgan fingerprint density at radius 2 is 1.53 bits per heavy atom. The molecule has 34 heavy (non-hydrogen) atoms. The number of carbonyl (C=O) groups excluding carboxylic acids is 1. The van der Waals surface area contributed by atoms with Crippen LogP contribution in [0.15, 0.2) is 83.8 Å². The summed E-state index contributed by atoms with van der Waals surface area (Å²) in [7, 11) is -3.52. The van der Waals surface area contributed by atoms with Crippen molar-refractivity contribution in [3.05, 3.63) is 84.4 Å². The van der Waals surface area contributed by atoms with E-state index in [9.17, 15) is 13.2 Å². The van der Waals surface area contributed by atoms with E-state index in [0.29, 0.717) is 23.6 Å². The third-order valence-corrected chi connectivity index (χ3v) is 7.47. The Labute approximate surface area is 201 Å². The van der Waals surface area contributed by atoms with E-state index in [-0.39, 0.29) is 23.3 Å². The van der Waals surface area contributed by atoms with Crippen molar-refractivity contribution in [2.75, 3.05) is 5.32 Å². The van der Waals surface area contributed by atoms with Gasteiger partial charge in [-0.1, -0.05) is 61.7 Å². The van der Waals surface area contributed by atoms with Gasteiger partial charge in [0, 0.05) is 12.5 Å². The predicted molar refractivity (Wildman–Crippen MR) is 134 cm³/mol. The summed E-state index contributed by atoms with van der Waals surface area (Å²) < 4.78 is 34.0. The van der Waals surface area contributed by atoms with Crippen molar-refractivity contribution in [1.29, 1.82) is 0 Å². The standard InChI is InChI=1S/C27H30N2O4S/c30-27(28-25-13-7-8-14-26(25)33-23-11-5-2-6-12-23)20-17-21-15-18-24(19-16-21)34(31,32)29-22-9-3-1-4-10-22/h2,5-8,11-16,18-19,22,29H,1,3-4,9-10,17,20H2,(H,28,30). The molecule has 0 aliphatic heterocycles. The lowest BCUT2D eigenvalue weighted by molar-refractivity contribution is -0.116. The lowest BCUT2D eigenvalue weighted by Gasteiger charge is -2.22. The van der Waals surface area contributed by atoms with E-state index in [1.165, 1.54) is 6.42 Å². The molecular weight excluding hydrogens is 448 g/mol. The first kappa shape index (κ1) is 24.0. The predicted octanol–water partition coefficient (Wildman–Crippen LogP) is 5.66. The van der Waals surface area contributed by atoms with Crippen LogP contribution in [0, 0.1) is 0 Å². The molecule has 0 spiro atoms. The maximum atomic E-state index is 12.7. The van der Waals surface area contributed by atoms with E-state index in [4.69, 9.17) is 4.74 Å². The van der Waals surface area contributed by atoms with Crippen molar-refractivity contribution >= 4 is 21.6 Å².